The number of carbonyl (C=O) groups excluding carboxylic acids is 1. The Balaban J connectivity index is 1.74. The van der Waals surface area contributed by atoms with Gasteiger partial charge in [0, 0.05) is 50.0 Å². The Labute approximate surface area is 163 Å². The maximum atomic E-state index is 13.8. The molecule has 2 N–H and O–H groups in total. The third-order valence-electron chi connectivity index (χ3n) is 5.16. The lowest BCUT2D eigenvalue weighted by Crippen LogP contribution is -2.32. The lowest BCUT2D eigenvalue weighted by Gasteiger charge is -2.22. The highest BCUT2D eigenvalue weighted by Gasteiger charge is 2.25. The normalized spacial score (nSPS) is 16.5. The number of nitrogens with two attached hydrogens (primary N) is 1. The number of anilines is 1. The summed E-state index contributed by atoms with van der Waals surface area (Å²) in [6, 6.07) is 3.54. The fourth-order valence-electron chi connectivity index (χ4n) is 3.28. The van der Waals surface area contributed by atoms with Crippen molar-refractivity contribution in [3.8, 4) is 0 Å². The Morgan fingerprint density at radius 3 is 2.71 bits per heavy atom. The van der Waals surface area contributed by atoms with Gasteiger partial charge in [0.25, 0.3) is 5.91 Å². The molecule has 2 aromatic rings. The molecular formula is C20H25F2N5O. The van der Waals surface area contributed by atoms with Gasteiger partial charge in [0.1, 0.15) is 17.5 Å². The van der Waals surface area contributed by atoms with E-state index in [0.717, 1.165) is 36.1 Å². The predicted molar refractivity (Wildman–Crippen MR) is 103 cm³/mol. The van der Waals surface area contributed by atoms with Crippen LogP contribution in [0, 0.1) is 25.5 Å². The van der Waals surface area contributed by atoms with Crippen LogP contribution in [0.2, 0.25) is 0 Å². The fourth-order valence-corrected chi connectivity index (χ4v) is 3.28. The number of halogens is 2. The predicted octanol–water partition coefficient (Wildman–Crippen LogP) is 2.22. The van der Waals surface area contributed by atoms with Gasteiger partial charge in [-0.05, 0) is 38.3 Å². The molecule has 6 nitrogen and oxygen atoms in total. The van der Waals surface area contributed by atoms with Crippen LogP contribution in [0.3, 0.4) is 0 Å². The van der Waals surface area contributed by atoms with Gasteiger partial charge in [-0.25, -0.2) is 18.7 Å². The highest BCUT2D eigenvalue weighted by Crippen LogP contribution is 2.23. The van der Waals surface area contributed by atoms with Gasteiger partial charge in [0.2, 0.25) is 5.82 Å². The van der Waals surface area contributed by atoms with Crippen molar-refractivity contribution in [2.75, 3.05) is 31.6 Å². The minimum absolute atomic E-state index is 0.0992. The van der Waals surface area contributed by atoms with E-state index in [2.05, 4.69) is 14.9 Å². The number of likely N-dealkylation sites (N-methyl/N-ethyl adjacent to an activating group) is 1. The number of benzene rings is 1. The first-order valence-electron chi connectivity index (χ1n) is 9.31. The van der Waals surface area contributed by atoms with Crippen LogP contribution in [-0.4, -0.2) is 53.5 Å². The third kappa shape index (κ3) is 4.27. The molecule has 0 bridgehead atoms. The van der Waals surface area contributed by atoms with E-state index < -0.39 is 11.6 Å². The van der Waals surface area contributed by atoms with Crippen LogP contribution in [0.5, 0.6) is 0 Å². The number of aryl methyl sites for hydroxylation is 1. The standard InChI is InChI=1S/C20H25F2N5O/c1-12-13(2)24-18(25-19(12)27-9-7-16(23)11-27)20(28)26(3)8-6-14-4-5-15(21)10-17(14)22/h4-5,10,16H,6-9,11,23H2,1-3H3/t16-/m1/s1. The molecule has 8 heteroatoms. The zero-order valence-electron chi connectivity index (χ0n) is 16.4. The SMILES string of the molecule is Cc1nc(C(=O)N(C)CCc2ccc(F)cc2F)nc(N2CC[C@@H](N)C2)c1C. The van der Waals surface area contributed by atoms with Crippen molar-refractivity contribution in [2.24, 2.45) is 5.73 Å². The van der Waals surface area contributed by atoms with E-state index in [4.69, 9.17) is 5.73 Å². The quantitative estimate of drug-likeness (QED) is 0.849. The van der Waals surface area contributed by atoms with E-state index >= 15 is 0 Å². The molecule has 1 aliphatic heterocycles. The molecule has 0 spiro atoms. The van der Waals surface area contributed by atoms with Crippen molar-refractivity contribution < 1.29 is 13.6 Å². The molecule has 1 fully saturated rings. The topological polar surface area (TPSA) is 75.4 Å². The maximum absolute atomic E-state index is 13.8. The number of hydrogen-bond donors (Lipinski definition) is 1. The third-order valence-corrected chi connectivity index (χ3v) is 5.16. The van der Waals surface area contributed by atoms with Gasteiger partial charge in [-0.3, -0.25) is 4.79 Å². The summed E-state index contributed by atoms with van der Waals surface area (Å²) in [6.45, 7) is 5.54. The Hall–Kier alpha value is -2.61. The molecule has 3 rings (SSSR count). The minimum Gasteiger partial charge on any atom is -0.355 e. The number of hydrogen-bond acceptors (Lipinski definition) is 5. The van der Waals surface area contributed by atoms with Gasteiger partial charge in [0.15, 0.2) is 0 Å². The first-order valence-corrected chi connectivity index (χ1v) is 9.31. The number of aromatic nitrogens is 2. The van der Waals surface area contributed by atoms with Gasteiger partial charge in [-0.2, -0.15) is 0 Å². The largest absolute Gasteiger partial charge is 0.355 e. The highest BCUT2D eigenvalue weighted by molar-refractivity contribution is 5.90. The molecule has 28 heavy (non-hydrogen) atoms. The van der Waals surface area contributed by atoms with E-state index in [9.17, 15) is 13.6 Å². The van der Waals surface area contributed by atoms with Crippen molar-refractivity contribution in [3.63, 3.8) is 0 Å². The van der Waals surface area contributed by atoms with Crippen LogP contribution in [-0.2, 0) is 6.42 Å². The first-order chi connectivity index (χ1) is 13.3. The second kappa shape index (κ2) is 8.18. The second-order valence-electron chi connectivity index (χ2n) is 7.29. The van der Waals surface area contributed by atoms with Gasteiger partial charge < -0.3 is 15.5 Å². The Morgan fingerprint density at radius 1 is 1.32 bits per heavy atom. The molecule has 0 radical (unpaired) electrons. The van der Waals surface area contributed by atoms with E-state index in [1.807, 2.05) is 13.8 Å². The Morgan fingerprint density at radius 2 is 2.07 bits per heavy atom. The average molecular weight is 389 g/mol. The lowest BCUT2D eigenvalue weighted by molar-refractivity contribution is 0.0784. The summed E-state index contributed by atoms with van der Waals surface area (Å²) in [4.78, 5) is 25.2. The molecule has 1 aliphatic rings. The number of nitrogens with zero attached hydrogens (tertiary/aromatic N) is 4. The van der Waals surface area contributed by atoms with E-state index in [1.165, 1.54) is 17.0 Å². The van der Waals surface area contributed by atoms with Gasteiger partial charge in [-0.15, -0.1) is 0 Å². The van der Waals surface area contributed by atoms with Crippen molar-refractivity contribution in [3.05, 3.63) is 52.5 Å². The molecule has 1 aromatic carbocycles. The van der Waals surface area contributed by atoms with Crippen LogP contribution >= 0.6 is 0 Å². The van der Waals surface area contributed by atoms with Crippen LogP contribution in [0.15, 0.2) is 18.2 Å². The summed E-state index contributed by atoms with van der Waals surface area (Å²) in [6.07, 6.45) is 1.15. The molecule has 0 saturated carbocycles. The Kier molecular flexibility index (Phi) is 5.88. The Bertz CT molecular complexity index is 889. The number of rotatable bonds is 5. The average Bonchev–Trinajstić information content (AvgIpc) is 3.08. The zero-order chi connectivity index (χ0) is 20.4. The summed E-state index contributed by atoms with van der Waals surface area (Å²) in [5, 5.41) is 0. The molecule has 0 aliphatic carbocycles. The number of carbonyl (C=O) groups is 1. The van der Waals surface area contributed by atoms with Gasteiger partial charge >= 0.3 is 0 Å². The van der Waals surface area contributed by atoms with Crippen LogP contribution in [0.1, 0.15) is 33.9 Å². The summed E-state index contributed by atoms with van der Waals surface area (Å²) < 4.78 is 26.8. The van der Waals surface area contributed by atoms with E-state index in [1.54, 1.807) is 7.05 Å². The van der Waals surface area contributed by atoms with Crippen LogP contribution in [0.4, 0.5) is 14.6 Å². The van der Waals surface area contributed by atoms with Crippen LogP contribution < -0.4 is 10.6 Å². The lowest BCUT2D eigenvalue weighted by atomic mass is 10.1. The molecule has 1 saturated heterocycles. The molecule has 0 unspecified atom stereocenters. The van der Waals surface area contributed by atoms with Gasteiger partial charge in [-0.1, -0.05) is 6.07 Å². The molecule has 150 valence electrons. The summed E-state index contributed by atoms with van der Waals surface area (Å²) in [5.74, 6) is -0.725. The van der Waals surface area contributed by atoms with Crippen molar-refractivity contribution >= 4 is 11.7 Å². The summed E-state index contributed by atoms with van der Waals surface area (Å²) in [5.41, 5.74) is 8.03. The summed E-state index contributed by atoms with van der Waals surface area (Å²) >= 11 is 0. The minimum atomic E-state index is -0.622. The molecule has 1 aromatic heterocycles. The molecule has 1 amide bonds. The van der Waals surface area contributed by atoms with Crippen LogP contribution in [0.25, 0.3) is 0 Å². The highest BCUT2D eigenvalue weighted by atomic mass is 19.1. The molecule has 2 heterocycles. The summed E-state index contributed by atoms with van der Waals surface area (Å²) in [7, 11) is 1.62. The molecule has 1 atom stereocenters. The van der Waals surface area contributed by atoms with Crippen molar-refractivity contribution in [1.82, 2.24) is 14.9 Å². The van der Waals surface area contributed by atoms with E-state index in [-0.39, 0.29) is 30.7 Å². The first kappa shape index (κ1) is 20.1. The molecular weight excluding hydrogens is 364 g/mol. The van der Waals surface area contributed by atoms with Crippen molar-refractivity contribution in [1.29, 1.82) is 0 Å². The fraction of sp³-hybridized carbons (Fsp3) is 0.450. The zero-order valence-corrected chi connectivity index (χ0v) is 16.4. The van der Waals surface area contributed by atoms with Crippen molar-refractivity contribution in [2.45, 2.75) is 32.7 Å². The van der Waals surface area contributed by atoms with E-state index in [0.29, 0.717) is 12.1 Å². The number of amides is 1. The monoisotopic (exact) mass is 389 g/mol. The van der Waals surface area contributed by atoms with Gasteiger partial charge in [0.05, 0.1) is 0 Å². The second-order valence-corrected chi connectivity index (χ2v) is 7.29. The maximum Gasteiger partial charge on any atom is 0.291 e. The smallest absolute Gasteiger partial charge is 0.291 e.